The molecule has 1 aliphatic heterocycles. The van der Waals surface area contributed by atoms with Crippen LogP contribution in [0.1, 0.15) is 16.5 Å². The second-order valence-electron chi connectivity index (χ2n) is 4.74. The average molecular weight is 288 g/mol. The molecule has 0 atom stereocenters. The summed E-state index contributed by atoms with van der Waals surface area (Å²) in [5.74, 6) is 1.96. The lowest BCUT2D eigenvalue weighted by atomic mass is 10.3. The zero-order chi connectivity index (χ0) is 13.9. The molecule has 3 rings (SSSR count). The third-order valence-corrected chi connectivity index (χ3v) is 4.29. The minimum absolute atomic E-state index is 0.0646. The lowest BCUT2D eigenvalue weighted by Gasteiger charge is -2.17. The maximum atomic E-state index is 12.2. The first kappa shape index (κ1) is 13.1. The second-order valence-corrected chi connectivity index (χ2v) is 5.72. The van der Waals surface area contributed by atoms with E-state index >= 15 is 0 Å². The van der Waals surface area contributed by atoms with Crippen LogP contribution in [0, 0.1) is 6.92 Å². The van der Waals surface area contributed by atoms with E-state index in [9.17, 15) is 4.79 Å². The van der Waals surface area contributed by atoms with Gasteiger partial charge in [0.1, 0.15) is 11.6 Å². The van der Waals surface area contributed by atoms with Crippen LogP contribution < -0.4 is 0 Å². The van der Waals surface area contributed by atoms with Gasteiger partial charge in [-0.3, -0.25) is 4.79 Å². The number of aromatic nitrogens is 3. The number of carbonyl (C=O) groups is 1. The first-order chi connectivity index (χ1) is 9.74. The number of carbonyl (C=O) groups excluding carboxylic acids is 1. The maximum Gasteiger partial charge on any atom is 0.246 e. The van der Waals surface area contributed by atoms with Crippen LogP contribution in [0.3, 0.4) is 0 Å². The molecule has 104 valence electrons. The molecule has 3 heterocycles. The minimum atomic E-state index is 0.0646. The van der Waals surface area contributed by atoms with Crippen molar-refractivity contribution in [3.05, 3.63) is 40.1 Å². The quantitative estimate of drug-likeness (QED) is 0.791. The van der Waals surface area contributed by atoms with Gasteiger partial charge in [0.25, 0.3) is 0 Å². The van der Waals surface area contributed by atoms with Crippen LogP contribution in [0.25, 0.3) is 6.08 Å². The minimum Gasteiger partial charge on any atom is -0.337 e. The van der Waals surface area contributed by atoms with E-state index in [1.54, 1.807) is 17.4 Å². The Kier molecular flexibility index (Phi) is 3.64. The van der Waals surface area contributed by atoms with Crippen molar-refractivity contribution in [1.29, 1.82) is 0 Å². The highest BCUT2D eigenvalue weighted by molar-refractivity contribution is 7.10. The smallest absolute Gasteiger partial charge is 0.246 e. The van der Waals surface area contributed by atoms with Gasteiger partial charge >= 0.3 is 0 Å². The summed E-state index contributed by atoms with van der Waals surface area (Å²) in [6.07, 6.45) is 4.30. The molecule has 20 heavy (non-hydrogen) atoms. The topological polar surface area (TPSA) is 51.0 Å². The highest BCUT2D eigenvalue weighted by Gasteiger charge is 2.19. The van der Waals surface area contributed by atoms with Crippen LogP contribution in [-0.2, 0) is 17.8 Å². The van der Waals surface area contributed by atoms with Gasteiger partial charge in [-0.15, -0.1) is 21.5 Å². The average Bonchev–Trinajstić information content (AvgIpc) is 3.02. The Morgan fingerprint density at radius 3 is 3.05 bits per heavy atom. The summed E-state index contributed by atoms with van der Waals surface area (Å²) < 4.78 is 2.09. The second kappa shape index (κ2) is 5.58. The summed E-state index contributed by atoms with van der Waals surface area (Å²) in [6.45, 7) is 4.13. The Balaban J connectivity index is 1.66. The zero-order valence-electron chi connectivity index (χ0n) is 11.3. The molecule has 1 aliphatic rings. The Labute approximate surface area is 121 Å². The van der Waals surface area contributed by atoms with E-state index < -0.39 is 0 Å². The highest BCUT2D eigenvalue weighted by atomic mass is 32.1. The standard InChI is InChI=1S/C14H16N4OS/c1-11-15-16-13-6-7-17(8-9-18(11)13)14(19)5-4-12-3-2-10-20-12/h2-5,10H,6-9H2,1H3/b5-4+. The molecule has 0 fully saturated rings. The molecule has 2 aromatic rings. The van der Waals surface area contributed by atoms with E-state index in [2.05, 4.69) is 14.8 Å². The third kappa shape index (κ3) is 2.65. The molecule has 0 aliphatic carbocycles. The van der Waals surface area contributed by atoms with Gasteiger partial charge in [-0.2, -0.15) is 0 Å². The fraction of sp³-hybridized carbons (Fsp3) is 0.357. The molecular formula is C14H16N4OS. The van der Waals surface area contributed by atoms with Gasteiger partial charge in [-0.25, -0.2) is 0 Å². The van der Waals surface area contributed by atoms with Gasteiger partial charge < -0.3 is 9.47 Å². The first-order valence-electron chi connectivity index (χ1n) is 6.63. The molecule has 0 saturated heterocycles. The van der Waals surface area contributed by atoms with Crippen LogP contribution in [-0.4, -0.2) is 38.7 Å². The Morgan fingerprint density at radius 1 is 1.35 bits per heavy atom. The fourth-order valence-electron chi connectivity index (χ4n) is 2.33. The van der Waals surface area contributed by atoms with E-state index in [-0.39, 0.29) is 5.91 Å². The van der Waals surface area contributed by atoms with Crippen molar-refractivity contribution in [1.82, 2.24) is 19.7 Å². The number of thiophene rings is 1. The third-order valence-electron chi connectivity index (χ3n) is 3.46. The van der Waals surface area contributed by atoms with Gasteiger partial charge in [-0.1, -0.05) is 6.07 Å². The van der Waals surface area contributed by atoms with Gasteiger partial charge in [0.15, 0.2) is 0 Å². The Bertz CT molecular complexity index is 630. The van der Waals surface area contributed by atoms with E-state index in [1.165, 1.54) is 0 Å². The first-order valence-corrected chi connectivity index (χ1v) is 7.51. The molecule has 0 aromatic carbocycles. The van der Waals surface area contributed by atoms with Gasteiger partial charge in [0.2, 0.25) is 5.91 Å². The monoisotopic (exact) mass is 288 g/mol. The number of amides is 1. The molecular weight excluding hydrogens is 272 g/mol. The van der Waals surface area contributed by atoms with E-state index in [0.717, 1.165) is 29.5 Å². The van der Waals surface area contributed by atoms with Gasteiger partial charge in [0, 0.05) is 37.0 Å². The summed E-state index contributed by atoms with van der Waals surface area (Å²) in [5, 5.41) is 10.2. The van der Waals surface area contributed by atoms with Crippen LogP contribution in [0.5, 0.6) is 0 Å². The van der Waals surface area contributed by atoms with Crippen molar-refractivity contribution in [2.24, 2.45) is 0 Å². The van der Waals surface area contributed by atoms with Crippen molar-refractivity contribution in [2.45, 2.75) is 19.9 Å². The summed E-state index contributed by atoms with van der Waals surface area (Å²) in [7, 11) is 0. The zero-order valence-corrected chi connectivity index (χ0v) is 12.1. The molecule has 0 unspecified atom stereocenters. The SMILES string of the molecule is Cc1nnc2n1CCN(C(=O)/C=C/c1cccs1)CC2. The molecule has 0 N–H and O–H groups in total. The number of hydrogen-bond donors (Lipinski definition) is 0. The lowest BCUT2D eigenvalue weighted by molar-refractivity contribution is -0.125. The molecule has 0 radical (unpaired) electrons. The molecule has 6 heteroatoms. The predicted octanol–water partition coefficient (Wildman–Crippen LogP) is 1.75. The van der Waals surface area contributed by atoms with Crippen LogP contribution in [0.15, 0.2) is 23.6 Å². The Morgan fingerprint density at radius 2 is 2.25 bits per heavy atom. The van der Waals surface area contributed by atoms with E-state index in [4.69, 9.17) is 0 Å². The van der Waals surface area contributed by atoms with Crippen molar-refractivity contribution in [3.8, 4) is 0 Å². The number of rotatable bonds is 2. The lowest BCUT2D eigenvalue weighted by Crippen LogP contribution is -2.32. The predicted molar refractivity (Wildman–Crippen MR) is 78.4 cm³/mol. The highest BCUT2D eigenvalue weighted by Crippen LogP contribution is 2.12. The molecule has 0 spiro atoms. The largest absolute Gasteiger partial charge is 0.337 e. The van der Waals surface area contributed by atoms with Crippen molar-refractivity contribution < 1.29 is 4.79 Å². The van der Waals surface area contributed by atoms with Crippen LogP contribution in [0.2, 0.25) is 0 Å². The fourth-order valence-corrected chi connectivity index (χ4v) is 2.95. The molecule has 2 aromatic heterocycles. The van der Waals surface area contributed by atoms with Crippen LogP contribution >= 0.6 is 11.3 Å². The normalized spacial score (nSPS) is 15.3. The summed E-state index contributed by atoms with van der Waals surface area (Å²) >= 11 is 1.63. The molecule has 0 bridgehead atoms. The van der Waals surface area contributed by atoms with Crippen molar-refractivity contribution in [3.63, 3.8) is 0 Å². The van der Waals surface area contributed by atoms with Crippen LogP contribution in [0.4, 0.5) is 0 Å². The molecule has 0 saturated carbocycles. The maximum absolute atomic E-state index is 12.2. The summed E-state index contributed by atoms with van der Waals surface area (Å²) in [6, 6.07) is 3.98. The number of nitrogens with zero attached hydrogens (tertiary/aromatic N) is 4. The number of aryl methyl sites for hydroxylation is 1. The van der Waals surface area contributed by atoms with E-state index in [0.29, 0.717) is 13.1 Å². The van der Waals surface area contributed by atoms with E-state index in [1.807, 2.05) is 35.4 Å². The Hall–Kier alpha value is -1.95. The summed E-state index contributed by atoms with van der Waals surface area (Å²) in [4.78, 5) is 15.2. The molecule has 1 amide bonds. The van der Waals surface area contributed by atoms with Gasteiger partial charge in [0.05, 0.1) is 0 Å². The van der Waals surface area contributed by atoms with Crippen molar-refractivity contribution >= 4 is 23.3 Å². The summed E-state index contributed by atoms with van der Waals surface area (Å²) in [5.41, 5.74) is 0. The number of hydrogen-bond acceptors (Lipinski definition) is 4. The number of fused-ring (bicyclic) bond motifs is 1. The van der Waals surface area contributed by atoms with Crippen molar-refractivity contribution in [2.75, 3.05) is 13.1 Å². The van der Waals surface area contributed by atoms with Gasteiger partial charge in [-0.05, 0) is 24.4 Å². The molecule has 5 nitrogen and oxygen atoms in total.